The summed E-state index contributed by atoms with van der Waals surface area (Å²) in [5.74, 6) is -0.740. The van der Waals surface area contributed by atoms with Crippen LogP contribution in [0.5, 0.6) is 0 Å². The van der Waals surface area contributed by atoms with E-state index in [-0.39, 0.29) is 18.1 Å². The van der Waals surface area contributed by atoms with E-state index in [1.165, 1.54) is 0 Å². The largest absolute Gasteiger partial charge is 0.480 e. The predicted molar refractivity (Wildman–Crippen MR) is 62.8 cm³/mol. The lowest BCUT2D eigenvalue weighted by molar-refractivity contribution is -0.137. The van der Waals surface area contributed by atoms with Crippen LogP contribution in [-0.4, -0.2) is 38.5 Å². The predicted octanol–water partition coefficient (Wildman–Crippen LogP) is 1.41. The molecule has 1 fully saturated rings. The third-order valence-corrected chi connectivity index (χ3v) is 4.81. The molecule has 1 aliphatic rings. The first kappa shape index (κ1) is 13.6. The van der Waals surface area contributed by atoms with Gasteiger partial charge < -0.3 is 9.84 Å². The molecule has 94 valence electrons. The third kappa shape index (κ3) is 3.56. The minimum atomic E-state index is -1.35. The lowest BCUT2D eigenvalue weighted by Crippen LogP contribution is -2.35. The van der Waals surface area contributed by atoms with Crippen LogP contribution in [0.4, 0.5) is 0 Å². The van der Waals surface area contributed by atoms with Gasteiger partial charge in [-0.3, -0.25) is 9.00 Å². The Bertz CT molecular complexity index is 277. The summed E-state index contributed by atoms with van der Waals surface area (Å²) in [6.07, 6.45) is 2.04. The summed E-state index contributed by atoms with van der Waals surface area (Å²) >= 11 is 0. The van der Waals surface area contributed by atoms with Gasteiger partial charge in [-0.25, -0.2) is 0 Å². The molecular formula is C11H20O4S. The summed E-state index contributed by atoms with van der Waals surface area (Å²) < 4.78 is 17.5. The highest BCUT2D eigenvalue weighted by molar-refractivity contribution is 7.86. The number of carboxylic acids is 1. The average molecular weight is 248 g/mol. The number of carboxylic acid groups (broad SMARTS) is 1. The van der Waals surface area contributed by atoms with E-state index in [2.05, 4.69) is 0 Å². The lowest BCUT2D eigenvalue weighted by Gasteiger charge is -2.18. The summed E-state index contributed by atoms with van der Waals surface area (Å²) in [4.78, 5) is 11.0. The van der Waals surface area contributed by atoms with E-state index in [4.69, 9.17) is 9.84 Å². The Balaban J connectivity index is 2.53. The highest BCUT2D eigenvalue weighted by atomic mass is 32.2. The van der Waals surface area contributed by atoms with Crippen LogP contribution in [0.15, 0.2) is 0 Å². The van der Waals surface area contributed by atoms with E-state index in [0.29, 0.717) is 5.75 Å². The topological polar surface area (TPSA) is 63.6 Å². The fourth-order valence-electron chi connectivity index (χ4n) is 2.00. The van der Waals surface area contributed by atoms with Gasteiger partial charge >= 0.3 is 5.97 Å². The molecule has 0 amide bonds. The standard InChI is InChI=1S/C11H20O4S/c1-7(2)10(11(12)13)16(14)6-9-5-4-8(3)15-9/h7-10H,4-6H2,1-3H3,(H,12,13). The number of hydrogen-bond donors (Lipinski definition) is 1. The molecule has 0 bridgehead atoms. The molecule has 1 saturated heterocycles. The fraction of sp³-hybridized carbons (Fsp3) is 0.909. The number of hydrogen-bond acceptors (Lipinski definition) is 3. The second kappa shape index (κ2) is 5.77. The summed E-state index contributed by atoms with van der Waals surface area (Å²) in [5, 5.41) is 8.23. The van der Waals surface area contributed by atoms with Crippen molar-refractivity contribution in [1.29, 1.82) is 0 Å². The quantitative estimate of drug-likeness (QED) is 0.799. The van der Waals surface area contributed by atoms with Gasteiger partial charge in [-0.1, -0.05) is 13.8 Å². The molecule has 16 heavy (non-hydrogen) atoms. The van der Waals surface area contributed by atoms with Gasteiger partial charge in [-0.2, -0.15) is 0 Å². The molecule has 0 radical (unpaired) electrons. The molecule has 4 unspecified atom stereocenters. The molecule has 4 nitrogen and oxygen atoms in total. The van der Waals surface area contributed by atoms with Gasteiger partial charge in [0.1, 0.15) is 5.25 Å². The normalized spacial score (nSPS) is 29.2. The summed E-state index contributed by atoms with van der Waals surface area (Å²) in [6, 6.07) is 0. The average Bonchev–Trinajstić information content (AvgIpc) is 2.49. The molecule has 1 N–H and O–H groups in total. The Hall–Kier alpha value is -0.420. The van der Waals surface area contributed by atoms with Crippen molar-refractivity contribution in [3.63, 3.8) is 0 Å². The lowest BCUT2D eigenvalue weighted by atomic mass is 10.1. The van der Waals surface area contributed by atoms with Crippen molar-refractivity contribution in [1.82, 2.24) is 0 Å². The monoisotopic (exact) mass is 248 g/mol. The fourth-order valence-corrected chi connectivity index (χ4v) is 3.65. The Morgan fingerprint density at radius 1 is 1.50 bits per heavy atom. The maximum Gasteiger partial charge on any atom is 0.319 e. The Morgan fingerprint density at radius 2 is 2.12 bits per heavy atom. The van der Waals surface area contributed by atoms with Gasteiger partial charge in [-0.15, -0.1) is 0 Å². The van der Waals surface area contributed by atoms with E-state index in [0.717, 1.165) is 12.8 Å². The summed E-state index contributed by atoms with van der Waals surface area (Å²) in [5.41, 5.74) is 0. The second-order valence-electron chi connectivity index (χ2n) is 4.70. The first-order valence-corrected chi connectivity index (χ1v) is 7.05. The minimum Gasteiger partial charge on any atom is -0.480 e. The number of aliphatic carboxylic acids is 1. The summed E-state index contributed by atoms with van der Waals surface area (Å²) in [6.45, 7) is 5.56. The first-order chi connectivity index (χ1) is 7.41. The van der Waals surface area contributed by atoms with Crippen molar-refractivity contribution in [2.24, 2.45) is 5.92 Å². The molecule has 1 heterocycles. The second-order valence-corrected chi connectivity index (χ2v) is 6.30. The number of rotatable bonds is 5. The van der Waals surface area contributed by atoms with Crippen LogP contribution in [0.2, 0.25) is 0 Å². The van der Waals surface area contributed by atoms with Crippen LogP contribution in [0.3, 0.4) is 0 Å². The molecule has 1 rings (SSSR count). The van der Waals surface area contributed by atoms with Crippen LogP contribution in [0.25, 0.3) is 0 Å². The molecule has 0 aromatic heterocycles. The number of carbonyl (C=O) groups is 1. The van der Waals surface area contributed by atoms with Crippen LogP contribution in [0, 0.1) is 5.92 Å². The van der Waals surface area contributed by atoms with Crippen molar-refractivity contribution in [3.05, 3.63) is 0 Å². The maximum atomic E-state index is 11.9. The Morgan fingerprint density at radius 3 is 2.50 bits per heavy atom. The van der Waals surface area contributed by atoms with Gasteiger partial charge in [-0.05, 0) is 25.7 Å². The molecular weight excluding hydrogens is 228 g/mol. The van der Waals surface area contributed by atoms with Gasteiger partial charge in [0.25, 0.3) is 0 Å². The van der Waals surface area contributed by atoms with Crippen LogP contribution < -0.4 is 0 Å². The molecule has 0 aromatic rings. The molecule has 0 aliphatic carbocycles. The molecule has 4 atom stereocenters. The van der Waals surface area contributed by atoms with Crippen molar-refractivity contribution in [2.75, 3.05) is 5.75 Å². The molecule has 0 saturated carbocycles. The smallest absolute Gasteiger partial charge is 0.319 e. The third-order valence-electron chi connectivity index (χ3n) is 2.80. The zero-order valence-corrected chi connectivity index (χ0v) is 10.8. The van der Waals surface area contributed by atoms with Crippen molar-refractivity contribution >= 4 is 16.8 Å². The van der Waals surface area contributed by atoms with Gasteiger partial charge in [0.05, 0.1) is 18.0 Å². The van der Waals surface area contributed by atoms with E-state index in [9.17, 15) is 9.00 Å². The van der Waals surface area contributed by atoms with Gasteiger partial charge in [0.15, 0.2) is 0 Å². The Kier molecular flexibility index (Phi) is 4.92. The van der Waals surface area contributed by atoms with E-state index >= 15 is 0 Å². The van der Waals surface area contributed by atoms with E-state index in [1.807, 2.05) is 6.92 Å². The van der Waals surface area contributed by atoms with Gasteiger partial charge in [0, 0.05) is 10.8 Å². The van der Waals surface area contributed by atoms with Crippen LogP contribution >= 0.6 is 0 Å². The molecule has 0 aromatic carbocycles. The molecule has 0 spiro atoms. The number of ether oxygens (including phenoxy) is 1. The van der Waals surface area contributed by atoms with Crippen molar-refractivity contribution in [3.8, 4) is 0 Å². The minimum absolute atomic E-state index is 0.0311. The van der Waals surface area contributed by atoms with Crippen molar-refractivity contribution in [2.45, 2.75) is 51.1 Å². The van der Waals surface area contributed by atoms with Crippen LogP contribution in [0.1, 0.15) is 33.6 Å². The van der Waals surface area contributed by atoms with E-state index < -0.39 is 22.0 Å². The zero-order chi connectivity index (χ0) is 12.3. The molecule has 5 heteroatoms. The Labute approximate surface area is 98.8 Å². The van der Waals surface area contributed by atoms with E-state index in [1.54, 1.807) is 13.8 Å². The first-order valence-electron chi connectivity index (χ1n) is 5.67. The SMILES string of the molecule is CC1CCC(CS(=O)C(C(=O)O)C(C)C)O1. The molecule has 1 aliphatic heterocycles. The van der Waals surface area contributed by atoms with Crippen molar-refractivity contribution < 1.29 is 18.8 Å². The highest BCUT2D eigenvalue weighted by Gasteiger charge is 2.32. The summed E-state index contributed by atoms with van der Waals surface area (Å²) in [7, 11) is -1.35. The van der Waals surface area contributed by atoms with Gasteiger partial charge in [0.2, 0.25) is 0 Å². The highest BCUT2D eigenvalue weighted by Crippen LogP contribution is 2.21. The zero-order valence-electron chi connectivity index (χ0n) is 10.0. The maximum absolute atomic E-state index is 11.9. The van der Waals surface area contributed by atoms with Crippen LogP contribution in [-0.2, 0) is 20.3 Å².